The number of hydrogen-bond acceptors (Lipinski definition) is 5. The Balaban J connectivity index is 1.60. The van der Waals surface area contributed by atoms with Gasteiger partial charge in [-0.15, -0.1) is 11.3 Å². The van der Waals surface area contributed by atoms with Crippen molar-refractivity contribution >= 4 is 27.5 Å². The number of nitrogens with zero attached hydrogens (tertiary/aromatic N) is 3. The van der Waals surface area contributed by atoms with Crippen LogP contribution in [-0.2, 0) is 17.8 Å². The molecule has 0 atom stereocenters. The van der Waals surface area contributed by atoms with Crippen molar-refractivity contribution < 1.29 is 4.79 Å². The molecule has 0 fully saturated rings. The Kier molecular flexibility index (Phi) is 3.78. The van der Waals surface area contributed by atoms with Crippen LogP contribution in [0, 0.1) is 0 Å². The first-order valence-electron chi connectivity index (χ1n) is 6.41. The zero-order valence-corrected chi connectivity index (χ0v) is 11.9. The average Bonchev–Trinajstić information content (AvgIpc) is 3.13. The highest BCUT2D eigenvalue weighted by molar-refractivity contribution is 7.16. The maximum absolute atomic E-state index is 12.1. The first kappa shape index (κ1) is 13.5. The molecule has 0 saturated heterocycles. The number of amides is 1. The number of nitrogens with one attached hydrogen (secondary N) is 2. The Bertz CT molecular complexity index is 805. The van der Waals surface area contributed by atoms with Gasteiger partial charge in [0.15, 0.2) is 0 Å². The fourth-order valence-corrected chi connectivity index (χ4v) is 2.69. The number of carbonyl (C=O) groups excluding carboxylic acids is 1. The molecular formula is C13H13N5O2S. The van der Waals surface area contributed by atoms with E-state index in [4.69, 9.17) is 0 Å². The lowest BCUT2D eigenvalue weighted by atomic mass is 10.4. The van der Waals surface area contributed by atoms with Crippen molar-refractivity contribution in [2.24, 2.45) is 0 Å². The summed E-state index contributed by atoms with van der Waals surface area (Å²) in [4.78, 5) is 35.8. The number of H-pyrrole nitrogens is 1. The van der Waals surface area contributed by atoms with Gasteiger partial charge in [0.05, 0.1) is 11.7 Å². The van der Waals surface area contributed by atoms with Gasteiger partial charge in [-0.05, 0) is 11.4 Å². The van der Waals surface area contributed by atoms with Gasteiger partial charge in [0.25, 0.3) is 5.56 Å². The van der Waals surface area contributed by atoms with E-state index in [2.05, 4.69) is 20.3 Å². The number of hydrogen-bond donors (Lipinski definition) is 2. The third kappa shape index (κ3) is 3.00. The maximum atomic E-state index is 12.1. The van der Waals surface area contributed by atoms with Crippen LogP contribution in [-0.4, -0.2) is 32.0 Å². The van der Waals surface area contributed by atoms with Gasteiger partial charge in [0, 0.05) is 25.4 Å². The Morgan fingerprint density at radius 1 is 1.43 bits per heavy atom. The lowest BCUT2D eigenvalue weighted by Gasteiger charge is -2.06. The van der Waals surface area contributed by atoms with E-state index in [0.29, 0.717) is 23.2 Å². The van der Waals surface area contributed by atoms with Gasteiger partial charge in [-0.25, -0.2) is 9.97 Å². The quantitative estimate of drug-likeness (QED) is 0.719. The normalized spacial score (nSPS) is 10.9. The Morgan fingerprint density at radius 3 is 3.14 bits per heavy atom. The summed E-state index contributed by atoms with van der Waals surface area (Å²) in [6.07, 6.45) is 5.43. The lowest BCUT2D eigenvalue weighted by Crippen LogP contribution is -2.33. The Hall–Kier alpha value is -2.48. The van der Waals surface area contributed by atoms with E-state index in [1.807, 2.05) is 5.38 Å². The molecule has 0 aliphatic carbocycles. The van der Waals surface area contributed by atoms with E-state index in [-0.39, 0.29) is 18.0 Å². The molecule has 3 heterocycles. The van der Waals surface area contributed by atoms with Crippen LogP contribution in [0.15, 0.2) is 35.0 Å². The van der Waals surface area contributed by atoms with Crippen molar-refractivity contribution in [1.29, 1.82) is 0 Å². The summed E-state index contributed by atoms with van der Waals surface area (Å²) >= 11 is 1.41. The smallest absolute Gasteiger partial charge is 0.262 e. The molecule has 3 rings (SSSR count). The predicted molar refractivity (Wildman–Crippen MR) is 79.2 cm³/mol. The van der Waals surface area contributed by atoms with E-state index in [0.717, 1.165) is 5.82 Å². The largest absolute Gasteiger partial charge is 0.354 e. The summed E-state index contributed by atoms with van der Waals surface area (Å²) in [5.41, 5.74) is -0.192. The summed E-state index contributed by atoms with van der Waals surface area (Å²) in [5, 5.41) is 5.11. The fourth-order valence-electron chi connectivity index (χ4n) is 1.97. The van der Waals surface area contributed by atoms with E-state index in [1.165, 1.54) is 22.2 Å². The highest BCUT2D eigenvalue weighted by Crippen LogP contribution is 2.12. The second kappa shape index (κ2) is 5.88. The number of carbonyl (C=O) groups is 1. The van der Waals surface area contributed by atoms with Gasteiger partial charge in [-0.3, -0.25) is 14.2 Å². The van der Waals surface area contributed by atoms with Crippen LogP contribution < -0.4 is 10.9 Å². The van der Waals surface area contributed by atoms with Gasteiger partial charge < -0.3 is 10.3 Å². The zero-order valence-electron chi connectivity index (χ0n) is 11.1. The second-order valence-electron chi connectivity index (χ2n) is 4.45. The molecule has 1 amide bonds. The summed E-state index contributed by atoms with van der Waals surface area (Å²) in [5.74, 6) is 0.592. The van der Waals surface area contributed by atoms with Crippen LogP contribution in [0.25, 0.3) is 10.2 Å². The molecule has 3 aromatic rings. The highest BCUT2D eigenvalue weighted by Gasteiger charge is 2.08. The summed E-state index contributed by atoms with van der Waals surface area (Å²) in [6.45, 7) is 0.436. The number of thiophene rings is 1. The minimum atomic E-state index is -0.222. The number of rotatable bonds is 5. The third-order valence-electron chi connectivity index (χ3n) is 3.00. The molecular weight excluding hydrogens is 290 g/mol. The first-order valence-corrected chi connectivity index (χ1v) is 7.29. The molecule has 0 radical (unpaired) electrons. The van der Waals surface area contributed by atoms with Gasteiger partial charge in [0.1, 0.15) is 17.2 Å². The minimum Gasteiger partial charge on any atom is -0.354 e. The topological polar surface area (TPSA) is 92.7 Å². The van der Waals surface area contributed by atoms with Crippen molar-refractivity contribution in [2.45, 2.75) is 13.0 Å². The second-order valence-corrected chi connectivity index (χ2v) is 5.35. The van der Waals surface area contributed by atoms with Crippen molar-refractivity contribution in [3.63, 3.8) is 0 Å². The third-order valence-corrected chi connectivity index (χ3v) is 3.82. The van der Waals surface area contributed by atoms with Crippen molar-refractivity contribution in [1.82, 2.24) is 24.8 Å². The predicted octanol–water partition coefficient (Wildman–Crippen LogP) is 0.540. The van der Waals surface area contributed by atoms with Crippen molar-refractivity contribution in [3.8, 4) is 0 Å². The summed E-state index contributed by atoms with van der Waals surface area (Å²) in [6, 6.07) is 1.72. The van der Waals surface area contributed by atoms with Gasteiger partial charge in [-0.1, -0.05) is 0 Å². The maximum Gasteiger partial charge on any atom is 0.262 e. The monoisotopic (exact) mass is 303 g/mol. The molecule has 0 aromatic carbocycles. The van der Waals surface area contributed by atoms with Crippen LogP contribution in [0.2, 0.25) is 0 Å². The van der Waals surface area contributed by atoms with Crippen molar-refractivity contribution in [3.05, 3.63) is 46.3 Å². The standard InChI is InChI=1S/C13H13N5O2S/c19-11(16-3-1-10-14-4-5-15-10)7-18-8-17-12-9(13(18)20)2-6-21-12/h2,4-6,8H,1,3,7H2,(H,14,15)(H,16,19). The van der Waals surface area contributed by atoms with Crippen LogP contribution in [0.1, 0.15) is 5.82 Å². The highest BCUT2D eigenvalue weighted by atomic mass is 32.1. The molecule has 0 bridgehead atoms. The molecule has 7 nitrogen and oxygen atoms in total. The fraction of sp³-hybridized carbons (Fsp3) is 0.231. The molecule has 21 heavy (non-hydrogen) atoms. The summed E-state index contributed by atoms with van der Waals surface area (Å²) < 4.78 is 1.32. The molecule has 0 aliphatic heterocycles. The molecule has 0 aliphatic rings. The minimum absolute atomic E-state index is 0.0320. The van der Waals surface area contributed by atoms with Crippen LogP contribution in [0.3, 0.4) is 0 Å². The molecule has 0 spiro atoms. The Morgan fingerprint density at radius 2 is 2.33 bits per heavy atom. The van der Waals surface area contributed by atoms with E-state index in [1.54, 1.807) is 18.5 Å². The Labute approximate surface area is 123 Å². The van der Waals surface area contributed by atoms with E-state index >= 15 is 0 Å². The number of aromatic nitrogens is 4. The van der Waals surface area contributed by atoms with E-state index < -0.39 is 0 Å². The lowest BCUT2D eigenvalue weighted by molar-refractivity contribution is -0.121. The first-order chi connectivity index (χ1) is 10.2. The molecule has 2 N–H and O–H groups in total. The van der Waals surface area contributed by atoms with Gasteiger partial charge in [0.2, 0.25) is 5.91 Å². The molecule has 8 heteroatoms. The average molecular weight is 303 g/mol. The number of fused-ring (bicyclic) bond motifs is 1. The molecule has 0 unspecified atom stereocenters. The molecule has 108 valence electrons. The molecule has 3 aromatic heterocycles. The van der Waals surface area contributed by atoms with Gasteiger partial charge in [-0.2, -0.15) is 0 Å². The number of imidazole rings is 1. The zero-order chi connectivity index (χ0) is 14.7. The van der Waals surface area contributed by atoms with Crippen LogP contribution in [0.4, 0.5) is 0 Å². The SMILES string of the molecule is O=C(Cn1cnc2sccc2c1=O)NCCc1ncc[nH]1. The van der Waals surface area contributed by atoms with E-state index in [9.17, 15) is 9.59 Å². The van der Waals surface area contributed by atoms with Gasteiger partial charge >= 0.3 is 0 Å². The summed E-state index contributed by atoms with van der Waals surface area (Å²) in [7, 11) is 0. The van der Waals surface area contributed by atoms with Crippen molar-refractivity contribution in [2.75, 3.05) is 6.54 Å². The van der Waals surface area contributed by atoms with Crippen LogP contribution in [0.5, 0.6) is 0 Å². The number of aromatic amines is 1. The van der Waals surface area contributed by atoms with Crippen LogP contribution >= 0.6 is 11.3 Å². The molecule has 0 saturated carbocycles.